The Morgan fingerprint density at radius 2 is 1.67 bits per heavy atom. The summed E-state index contributed by atoms with van der Waals surface area (Å²) in [6.45, 7) is 3.58. The fourth-order valence-corrected chi connectivity index (χ4v) is 2.07. The van der Waals surface area contributed by atoms with Crippen LogP contribution < -0.4 is 0 Å². The molecule has 6 heteroatoms. The minimum absolute atomic E-state index is 0.00336. The maximum atomic E-state index is 12.1. The third-order valence-corrected chi connectivity index (χ3v) is 3.07. The molecule has 110 valence electrons. The summed E-state index contributed by atoms with van der Waals surface area (Å²) >= 11 is 0. The average Bonchev–Trinajstić information content (AvgIpc) is 2.63. The van der Waals surface area contributed by atoms with Crippen molar-refractivity contribution >= 4 is 23.8 Å². The van der Waals surface area contributed by atoms with Crippen LogP contribution in [0.1, 0.15) is 25.8 Å². The van der Waals surface area contributed by atoms with Crippen molar-refractivity contribution in [3.63, 3.8) is 0 Å². The Bertz CT molecular complexity index is 595. The van der Waals surface area contributed by atoms with E-state index in [4.69, 9.17) is 0 Å². The van der Waals surface area contributed by atoms with Gasteiger partial charge in [0, 0.05) is 6.42 Å². The third-order valence-electron chi connectivity index (χ3n) is 3.07. The summed E-state index contributed by atoms with van der Waals surface area (Å²) in [5, 5.41) is 0. The van der Waals surface area contributed by atoms with Gasteiger partial charge in [0.05, 0.1) is 6.54 Å². The average molecular weight is 288 g/mol. The van der Waals surface area contributed by atoms with Crippen molar-refractivity contribution in [1.82, 2.24) is 9.80 Å². The lowest BCUT2D eigenvalue weighted by Gasteiger charge is -2.15. The van der Waals surface area contributed by atoms with Gasteiger partial charge < -0.3 is 0 Å². The number of nitrogens with zero attached hydrogens (tertiary/aromatic N) is 2. The molecule has 1 aromatic carbocycles. The van der Waals surface area contributed by atoms with Gasteiger partial charge in [-0.15, -0.1) is 0 Å². The fraction of sp³-hybridized carbons (Fsp3) is 0.333. The quantitative estimate of drug-likeness (QED) is 0.622. The van der Waals surface area contributed by atoms with Crippen molar-refractivity contribution in [1.29, 1.82) is 0 Å². The molecule has 1 saturated heterocycles. The molecule has 0 aromatic heterocycles. The van der Waals surface area contributed by atoms with Gasteiger partial charge in [0.25, 0.3) is 0 Å². The van der Waals surface area contributed by atoms with Crippen molar-refractivity contribution in [2.24, 2.45) is 5.92 Å². The first-order chi connectivity index (χ1) is 9.91. The molecular formula is C15H16N2O4. The number of hydrogen-bond acceptors (Lipinski definition) is 4. The van der Waals surface area contributed by atoms with Gasteiger partial charge in [-0.2, -0.15) is 4.90 Å². The molecule has 0 radical (unpaired) electrons. The van der Waals surface area contributed by atoms with Crippen LogP contribution in [0.15, 0.2) is 30.3 Å². The lowest BCUT2D eigenvalue weighted by molar-refractivity contribution is -0.147. The number of benzene rings is 1. The number of rotatable bonds is 4. The molecule has 0 unspecified atom stereocenters. The normalized spacial score (nSPS) is 15.3. The van der Waals surface area contributed by atoms with Gasteiger partial charge in [0.15, 0.2) is 0 Å². The lowest BCUT2D eigenvalue weighted by atomic mass is 10.1. The highest BCUT2D eigenvalue weighted by atomic mass is 16.2. The van der Waals surface area contributed by atoms with Crippen LogP contribution in [-0.4, -0.2) is 33.6 Å². The van der Waals surface area contributed by atoms with Crippen LogP contribution >= 0.6 is 0 Å². The van der Waals surface area contributed by atoms with E-state index >= 15 is 0 Å². The number of carbonyl (C=O) groups is 4. The third kappa shape index (κ3) is 2.99. The summed E-state index contributed by atoms with van der Waals surface area (Å²) < 4.78 is 0. The zero-order valence-electron chi connectivity index (χ0n) is 11.9. The zero-order chi connectivity index (χ0) is 15.6. The van der Waals surface area contributed by atoms with E-state index in [0.717, 1.165) is 4.90 Å². The first-order valence-electron chi connectivity index (χ1n) is 6.68. The number of urea groups is 1. The van der Waals surface area contributed by atoms with Crippen molar-refractivity contribution in [2.75, 3.05) is 0 Å². The van der Waals surface area contributed by atoms with E-state index in [-0.39, 0.29) is 18.9 Å². The van der Waals surface area contributed by atoms with Gasteiger partial charge in [-0.1, -0.05) is 44.2 Å². The molecule has 5 amide bonds. The van der Waals surface area contributed by atoms with Gasteiger partial charge in [0.2, 0.25) is 5.91 Å². The monoisotopic (exact) mass is 288 g/mol. The maximum Gasteiger partial charge on any atom is 0.341 e. The van der Waals surface area contributed by atoms with E-state index in [2.05, 4.69) is 0 Å². The van der Waals surface area contributed by atoms with E-state index < -0.39 is 23.8 Å². The molecule has 21 heavy (non-hydrogen) atoms. The Kier molecular flexibility index (Phi) is 4.16. The summed E-state index contributed by atoms with van der Waals surface area (Å²) in [5.74, 6) is -2.66. The number of amides is 5. The Hall–Kier alpha value is -2.50. The molecule has 1 aromatic rings. The summed E-state index contributed by atoms with van der Waals surface area (Å²) in [4.78, 5) is 49.0. The number of carbonyl (C=O) groups excluding carboxylic acids is 4. The molecule has 0 bridgehead atoms. The smallest absolute Gasteiger partial charge is 0.274 e. The molecule has 1 fully saturated rings. The van der Waals surface area contributed by atoms with Crippen LogP contribution in [0.3, 0.4) is 0 Å². The van der Waals surface area contributed by atoms with Crippen LogP contribution in [0.4, 0.5) is 4.79 Å². The first-order valence-corrected chi connectivity index (χ1v) is 6.68. The van der Waals surface area contributed by atoms with Gasteiger partial charge in [-0.3, -0.25) is 19.3 Å². The molecule has 0 atom stereocenters. The Morgan fingerprint density at radius 1 is 1.05 bits per heavy atom. The van der Waals surface area contributed by atoms with Gasteiger partial charge in [-0.25, -0.2) is 4.79 Å². The van der Waals surface area contributed by atoms with E-state index in [1.165, 1.54) is 0 Å². The van der Waals surface area contributed by atoms with Gasteiger partial charge >= 0.3 is 17.8 Å². The molecular weight excluding hydrogens is 272 g/mol. The Balaban J connectivity index is 2.18. The lowest BCUT2D eigenvalue weighted by Crippen LogP contribution is -2.38. The summed E-state index contributed by atoms with van der Waals surface area (Å²) in [6, 6.07) is 7.96. The molecule has 2 rings (SSSR count). The maximum absolute atomic E-state index is 12.1. The predicted molar refractivity (Wildman–Crippen MR) is 73.7 cm³/mol. The molecule has 1 heterocycles. The van der Waals surface area contributed by atoms with E-state index in [0.29, 0.717) is 10.5 Å². The number of hydrogen-bond donors (Lipinski definition) is 0. The predicted octanol–water partition coefficient (Wildman–Crippen LogP) is 1.55. The highest BCUT2D eigenvalue weighted by Gasteiger charge is 2.47. The summed E-state index contributed by atoms with van der Waals surface area (Å²) in [5.41, 5.74) is 0.713. The molecule has 0 spiro atoms. The van der Waals surface area contributed by atoms with E-state index in [1.54, 1.807) is 44.2 Å². The first kappa shape index (κ1) is 14.9. The van der Waals surface area contributed by atoms with E-state index in [1.807, 2.05) is 0 Å². The second-order valence-electron chi connectivity index (χ2n) is 5.29. The van der Waals surface area contributed by atoms with Gasteiger partial charge in [-0.05, 0) is 11.5 Å². The van der Waals surface area contributed by atoms with Gasteiger partial charge in [0.1, 0.15) is 0 Å². The Morgan fingerprint density at radius 3 is 2.24 bits per heavy atom. The van der Waals surface area contributed by atoms with Crippen LogP contribution in [0.5, 0.6) is 0 Å². The topological polar surface area (TPSA) is 74.8 Å². The summed E-state index contributed by atoms with van der Waals surface area (Å²) in [6.07, 6.45) is 0.0456. The molecule has 1 aliphatic rings. The second-order valence-corrected chi connectivity index (χ2v) is 5.29. The SMILES string of the molecule is CC(C)CC(=O)N1C(=O)C(=O)N(Cc2ccccc2)C1=O. The molecule has 1 aliphatic heterocycles. The molecule has 0 aliphatic carbocycles. The van der Waals surface area contributed by atoms with E-state index in [9.17, 15) is 19.2 Å². The molecule has 6 nitrogen and oxygen atoms in total. The van der Waals surface area contributed by atoms with Crippen LogP contribution in [0.25, 0.3) is 0 Å². The largest absolute Gasteiger partial charge is 0.341 e. The minimum atomic E-state index is -1.07. The van der Waals surface area contributed by atoms with Crippen LogP contribution in [-0.2, 0) is 20.9 Å². The molecule has 0 saturated carbocycles. The van der Waals surface area contributed by atoms with Crippen LogP contribution in [0.2, 0.25) is 0 Å². The van der Waals surface area contributed by atoms with Crippen molar-refractivity contribution in [3.05, 3.63) is 35.9 Å². The highest BCUT2D eigenvalue weighted by Crippen LogP contribution is 2.18. The second kappa shape index (κ2) is 5.87. The zero-order valence-corrected chi connectivity index (χ0v) is 11.9. The minimum Gasteiger partial charge on any atom is -0.274 e. The fourth-order valence-electron chi connectivity index (χ4n) is 2.07. The van der Waals surface area contributed by atoms with Crippen molar-refractivity contribution in [2.45, 2.75) is 26.8 Å². The number of imide groups is 4. The summed E-state index contributed by atoms with van der Waals surface area (Å²) in [7, 11) is 0. The van der Waals surface area contributed by atoms with Crippen LogP contribution in [0, 0.1) is 5.92 Å². The van der Waals surface area contributed by atoms with Crippen molar-refractivity contribution < 1.29 is 19.2 Å². The standard InChI is InChI=1S/C15H16N2O4/c1-10(2)8-12(18)17-14(20)13(19)16(15(17)21)9-11-6-4-3-5-7-11/h3-7,10H,8-9H2,1-2H3. The highest BCUT2D eigenvalue weighted by molar-refractivity contribution is 6.48. The van der Waals surface area contributed by atoms with Crippen molar-refractivity contribution in [3.8, 4) is 0 Å². The Labute approximate surface area is 122 Å². The molecule has 0 N–H and O–H groups in total.